The highest BCUT2D eigenvalue weighted by molar-refractivity contribution is 6.10. The van der Waals surface area contributed by atoms with Gasteiger partial charge < -0.3 is 4.57 Å². The van der Waals surface area contributed by atoms with E-state index in [0.29, 0.717) is 23.2 Å². The van der Waals surface area contributed by atoms with Gasteiger partial charge in [0.1, 0.15) is 0 Å². The molecule has 10 rings (SSSR count). The van der Waals surface area contributed by atoms with Gasteiger partial charge in [-0.15, -0.1) is 0 Å². The molecule has 0 N–H and O–H groups in total. The maximum atomic E-state index is 9.41. The average Bonchev–Trinajstić information content (AvgIpc) is 3.74. The number of aromatic nitrogens is 4. The van der Waals surface area contributed by atoms with Crippen molar-refractivity contribution >= 4 is 21.8 Å². The molecule has 0 bridgehead atoms. The van der Waals surface area contributed by atoms with Gasteiger partial charge in [0, 0.05) is 33.2 Å². The minimum absolute atomic E-state index is 0.0453. The maximum Gasteiger partial charge on any atom is 0.164 e. The Bertz CT molecular complexity index is 3610. The van der Waals surface area contributed by atoms with Gasteiger partial charge in [-0.25, -0.2) is 15.0 Å². The summed E-state index contributed by atoms with van der Waals surface area (Å²) >= 11 is 0. The molecule has 0 amide bonds. The zero-order valence-corrected chi connectivity index (χ0v) is 29.0. The summed E-state index contributed by atoms with van der Waals surface area (Å²) in [6.45, 7) is 0. The van der Waals surface area contributed by atoms with E-state index in [4.69, 9.17) is 28.7 Å². The lowest BCUT2D eigenvalue weighted by Gasteiger charge is -2.11. The molecule has 0 aliphatic rings. The van der Waals surface area contributed by atoms with Gasteiger partial charge in [-0.2, -0.15) is 0 Å². The quantitative estimate of drug-likeness (QED) is 0.165. The number of fused-ring (bicyclic) bond motifs is 3. The van der Waals surface area contributed by atoms with Gasteiger partial charge in [0.15, 0.2) is 17.5 Å². The van der Waals surface area contributed by atoms with Crippen molar-refractivity contribution in [3.8, 4) is 73.2 Å². The monoisotopic (exact) mass is 714 g/mol. The van der Waals surface area contributed by atoms with E-state index in [2.05, 4.69) is 18.2 Å². The van der Waals surface area contributed by atoms with Crippen LogP contribution in [0.1, 0.15) is 16.4 Å². The second kappa shape index (κ2) is 13.8. The predicted molar refractivity (Wildman–Crippen MR) is 227 cm³/mol. The summed E-state index contributed by atoms with van der Waals surface area (Å²) in [5, 5.41) is -0.223. The molecule has 0 atom stereocenters. The largest absolute Gasteiger partial charge is 0.309 e. The first-order valence-corrected chi connectivity index (χ1v) is 17.5. The Labute approximate surface area is 336 Å². The van der Waals surface area contributed by atoms with Gasteiger partial charge in [0.05, 0.1) is 27.5 Å². The Balaban J connectivity index is 1.07. The van der Waals surface area contributed by atoms with E-state index in [1.807, 2.05) is 103 Å². The molecule has 0 radical (unpaired) electrons. The lowest BCUT2D eigenvalue weighted by atomic mass is 10.0. The van der Waals surface area contributed by atoms with Crippen LogP contribution in [0.15, 0.2) is 206 Å². The number of para-hydroxylation sites is 1. The van der Waals surface area contributed by atoms with Crippen molar-refractivity contribution in [1.29, 1.82) is 0 Å². The van der Waals surface area contributed by atoms with Gasteiger partial charge in [-0.1, -0.05) is 170 Å². The van der Waals surface area contributed by atoms with Crippen molar-refractivity contribution < 1.29 is 16.4 Å². The summed E-state index contributed by atoms with van der Waals surface area (Å²) in [7, 11) is 0. The highest BCUT2D eigenvalue weighted by Crippen LogP contribution is 2.36. The first-order valence-electron chi connectivity index (χ1n) is 23.5. The molecule has 0 spiro atoms. The van der Waals surface area contributed by atoms with Gasteiger partial charge in [0.25, 0.3) is 0 Å². The van der Waals surface area contributed by atoms with Crippen LogP contribution < -0.4 is 0 Å². The SMILES string of the molecule is [2H]c1c([2H])c([2H])c(-c2c([2H])c([2H])c3c(c2[2H])c2c([2H])c([2H])c([2H])c([2H])c2n3-c2ccc(-c3ccc(-c4nc(-c5ccccc5)nc(-c5cccc(-c6ccccc6)c5)n4)cc3)cc2)c([2H])c1[2H]. The molecule has 2 heterocycles. The third-order valence-electron chi connectivity index (χ3n) is 9.40. The molecule has 0 fully saturated rings. The second-order valence-electron chi connectivity index (χ2n) is 12.8. The summed E-state index contributed by atoms with van der Waals surface area (Å²) in [5.41, 5.74) is 5.54. The Morgan fingerprint density at radius 2 is 0.855 bits per heavy atom. The first-order chi connectivity index (χ1) is 32.2. The molecule has 4 heteroatoms. The molecule has 8 aromatic carbocycles. The average molecular weight is 715 g/mol. The number of nitrogens with zero attached hydrogens (tertiary/aromatic N) is 4. The Morgan fingerprint density at radius 3 is 1.56 bits per heavy atom. The highest BCUT2D eigenvalue weighted by atomic mass is 15.0. The minimum atomic E-state index is -0.682. The second-order valence-corrected chi connectivity index (χ2v) is 12.8. The van der Waals surface area contributed by atoms with Crippen molar-refractivity contribution in [2.45, 2.75) is 0 Å². The van der Waals surface area contributed by atoms with Crippen LogP contribution in [0.3, 0.4) is 0 Å². The van der Waals surface area contributed by atoms with E-state index in [-0.39, 0.29) is 21.8 Å². The van der Waals surface area contributed by atoms with E-state index in [1.54, 1.807) is 12.1 Å². The third kappa shape index (κ3) is 6.16. The third-order valence-corrected chi connectivity index (χ3v) is 9.40. The van der Waals surface area contributed by atoms with Crippen LogP contribution in [0.4, 0.5) is 0 Å². The molecular formula is C51H34N4. The van der Waals surface area contributed by atoms with Crippen molar-refractivity contribution in [2.75, 3.05) is 0 Å². The fraction of sp³-hybridized carbons (Fsp3) is 0. The molecule has 2 aromatic heterocycles. The van der Waals surface area contributed by atoms with Crippen molar-refractivity contribution in [1.82, 2.24) is 19.5 Å². The van der Waals surface area contributed by atoms with Crippen LogP contribution in [0, 0.1) is 0 Å². The summed E-state index contributed by atoms with van der Waals surface area (Å²) in [6.07, 6.45) is 0. The fourth-order valence-corrected chi connectivity index (χ4v) is 6.71. The number of hydrogen-bond donors (Lipinski definition) is 0. The lowest BCUT2D eigenvalue weighted by Crippen LogP contribution is -2.00. The molecule has 0 aliphatic heterocycles. The van der Waals surface area contributed by atoms with Crippen LogP contribution in [-0.4, -0.2) is 19.5 Å². The number of rotatable bonds is 7. The molecule has 10 aromatic rings. The van der Waals surface area contributed by atoms with Crippen molar-refractivity contribution in [3.63, 3.8) is 0 Å². The molecule has 4 nitrogen and oxygen atoms in total. The number of hydrogen-bond acceptors (Lipinski definition) is 3. The van der Waals surface area contributed by atoms with Crippen molar-refractivity contribution in [3.05, 3.63) is 206 Å². The Hall–Kier alpha value is -7.43. The zero-order chi connectivity index (χ0) is 47.0. The van der Waals surface area contributed by atoms with Gasteiger partial charge in [0.2, 0.25) is 0 Å². The Kier molecular flexibility index (Phi) is 5.52. The summed E-state index contributed by atoms with van der Waals surface area (Å²) in [4.78, 5) is 14.7. The molecule has 55 heavy (non-hydrogen) atoms. The van der Waals surface area contributed by atoms with Crippen LogP contribution in [0.5, 0.6) is 0 Å². The van der Waals surface area contributed by atoms with Gasteiger partial charge in [-0.3, -0.25) is 0 Å². The highest BCUT2D eigenvalue weighted by Gasteiger charge is 2.15. The molecule has 0 saturated heterocycles. The van der Waals surface area contributed by atoms with E-state index < -0.39 is 83.6 Å². The van der Waals surface area contributed by atoms with Crippen LogP contribution >= 0.6 is 0 Å². The van der Waals surface area contributed by atoms with Crippen LogP contribution in [-0.2, 0) is 0 Å². The lowest BCUT2D eigenvalue weighted by molar-refractivity contribution is 1.07. The zero-order valence-electron chi connectivity index (χ0n) is 41.0. The van der Waals surface area contributed by atoms with E-state index in [0.717, 1.165) is 38.9 Å². The standard InChI is InChI=1S/C51H34N4/c1-4-13-35(14-5-1)41-19-12-20-43(33-41)51-53-49(39-17-8-3-9-18-39)52-50(54-51)40-25-23-37(24-26-40)38-27-30-44(31-28-38)55-47-22-11-10-21-45(47)46-34-42(29-32-48(46)55)36-15-6-2-7-16-36/h1-34H/i2D,6D,7D,10D,11D,15D,16D,21D,22D,29D,32D,34D. The molecule has 258 valence electrons. The fourth-order valence-electron chi connectivity index (χ4n) is 6.71. The van der Waals surface area contributed by atoms with Gasteiger partial charge in [-0.05, 0) is 69.7 Å². The Morgan fingerprint density at radius 1 is 0.345 bits per heavy atom. The molecular weight excluding hydrogens is 669 g/mol. The van der Waals surface area contributed by atoms with E-state index in [9.17, 15) is 2.74 Å². The first kappa shape index (κ1) is 21.9. The number of benzene rings is 8. The predicted octanol–water partition coefficient (Wildman–Crippen LogP) is 13.0. The van der Waals surface area contributed by atoms with E-state index in [1.165, 1.54) is 4.57 Å². The van der Waals surface area contributed by atoms with Crippen LogP contribution in [0.2, 0.25) is 0 Å². The maximum absolute atomic E-state index is 9.41. The summed E-state index contributed by atoms with van der Waals surface area (Å²) < 4.78 is 106. The summed E-state index contributed by atoms with van der Waals surface area (Å²) in [5.74, 6) is 1.53. The molecule has 0 unspecified atom stereocenters. The van der Waals surface area contributed by atoms with Crippen molar-refractivity contribution in [2.24, 2.45) is 0 Å². The molecule has 0 aliphatic carbocycles. The van der Waals surface area contributed by atoms with Gasteiger partial charge >= 0.3 is 0 Å². The summed E-state index contributed by atoms with van der Waals surface area (Å²) in [6, 6.07) is 35.6. The smallest absolute Gasteiger partial charge is 0.164 e. The van der Waals surface area contributed by atoms with E-state index >= 15 is 0 Å². The topological polar surface area (TPSA) is 43.6 Å². The molecule has 0 saturated carbocycles. The minimum Gasteiger partial charge on any atom is -0.309 e. The van der Waals surface area contributed by atoms with Crippen LogP contribution in [0.25, 0.3) is 95.0 Å². The normalized spacial score (nSPS) is 14.3.